The number of carbonyl (C=O) groups excluding carboxylic acids is 2. The number of sulfonamides is 1. The van der Waals surface area contributed by atoms with E-state index in [9.17, 15) is 28.1 Å². The molecule has 3 aromatic rings. The summed E-state index contributed by atoms with van der Waals surface area (Å²) in [5.74, 6) is -0.0243. The van der Waals surface area contributed by atoms with Gasteiger partial charge < -0.3 is 19.7 Å². The molecule has 13 heteroatoms. The molecule has 12 nitrogen and oxygen atoms in total. The van der Waals surface area contributed by atoms with Crippen LogP contribution in [0.4, 0.5) is 11.4 Å². The fraction of sp³-hybridized carbons (Fsp3) is 0.355. The first-order valence-corrected chi connectivity index (χ1v) is 15.4. The maximum absolute atomic E-state index is 14.2. The average Bonchev–Trinajstić information content (AvgIpc) is 2.99. The number of methoxy groups -OCH3 is 2. The second-order valence-corrected chi connectivity index (χ2v) is 12.2. The van der Waals surface area contributed by atoms with E-state index >= 15 is 0 Å². The summed E-state index contributed by atoms with van der Waals surface area (Å²) in [5.41, 5.74) is 0.709. The van der Waals surface area contributed by atoms with Crippen molar-refractivity contribution in [1.29, 1.82) is 0 Å². The molecule has 0 aliphatic heterocycles. The van der Waals surface area contributed by atoms with Crippen LogP contribution < -0.4 is 19.1 Å². The van der Waals surface area contributed by atoms with Crippen LogP contribution >= 0.6 is 0 Å². The van der Waals surface area contributed by atoms with Gasteiger partial charge in [0.1, 0.15) is 24.1 Å². The van der Waals surface area contributed by atoms with Gasteiger partial charge in [0.25, 0.3) is 15.7 Å². The number of hydrogen-bond donors (Lipinski definition) is 1. The minimum absolute atomic E-state index is 0.00738. The number of amides is 2. The Labute approximate surface area is 257 Å². The van der Waals surface area contributed by atoms with Crippen molar-refractivity contribution >= 4 is 33.2 Å². The van der Waals surface area contributed by atoms with E-state index in [2.05, 4.69) is 5.32 Å². The Morgan fingerprint density at radius 3 is 2.20 bits per heavy atom. The van der Waals surface area contributed by atoms with Gasteiger partial charge in [-0.05, 0) is 75.2 Å². The molecular formula is C31H38N4O8S. The Morgan fingerprint density at radius 1 is 0.977 bits per heavy atom. The number of rotatable bonds is 14. The van der Waals surface area contributed by atoms with Crippen LogP contribution in [0.3, 0.4) is 0 Å². The lowest BCUT2D eigenvalue weighted by atomic mass is 10.1. The van der Waals surface area contributed by atoms with Gasteiger partial charge in [0.15, 0.2) is 0 Å². The minimum Gasteiger partial charge on any atom is -0.497 e. The van der Waals surface area contributed by atoms with Crippen LogP contribution in [0.2, 0.25) is 0 Å². The van der Waals surface area contributed by atoms with Crippen LogP contribution in [-0.4, -0.2) is 62.9 Å². The molecule has 2 amide bonds. The lowest BCUT2D eigenvalue weighted by molar-refractivity contribution is -0.385. The topological polar surface area (TPSA) is 148 Å². The maximum atomic E-state index is 14.2. The molecule has 1 atom stereocenters. The molecule has 0 radical (unpaired) electrons. The van der Waals surface area contributed by atoms with Gasteiger partial charge in [0.2, 0.25) is 11.8 Å². The van der Waals surface area contributed by atoms with Crippen LogP contribution in [0.5, 0.6) is 11.5 Å². The highest BCUT2D eigenvalue weighted by atomic mass is 32.2. The molecule has 0 heterocycles. The van der Waals surface area contributed by atoms with E-state index in [1.165, 1.54) is 50.3 Å². The molecular weight excluding hydrogens is 588 g/mol. The molecule has 0 bridgehead atoms. The zero-order valence-corrected chi connectivity index (χ0v) is 26.5. The Morgan fingerprint density at radius 2 is 1.64 bits per heavy atom. The SMILES string of the molecule is CC[C@H](C(=O)NC(C)C)N(Cc1cccc(OC)c1)C(=O)CN(c1ccc(OC)cc1)S(=O)(=O)c1ccc(C)c([N+](=O)[O-])c1. The van der Waals surface area contributed by atoms with E-state index in [-0.39, 0.29) is 46.7 Å². The van der Waals surface area contributed by atoms with Gasteiger partial charge in [-0.15, -0.1) is 0 Å². The quantitative estimate of drug-likeness (QED) is 0.204. The van der Waals surface area contributed by atoms with E-state index in [0.717, 1.165) is 10.4 Å². The van der Waals surface area contributed by atoms with Crippen molar-refractivity contribution in [3.8, 4) is 11.5 Å². The third-order valence-corrected chi connectivity index (χ3v) is 8.68. The normalized spacial score (nSPS) is 11.9. The first-order chi connectivity index (χ1) is 20.8. The van der Waals surface area contributed by atoms with Crippen molar-refractivity contribution < 1.29 is 32.4 Å². The zero-order chi connectivity index (χ0) is 32.6. The summed E-state index contributed by atoms with van der Waals surface area (Å²) in [6.45, 7) is 6.18. The summed E-state index contributed by atoms with van der Waals surface area (Å²) < 4.78 is 39.6. The smallest absolute Gasteiger partial charge is 0.273 e. The fourth-order valence-electron chi connectivity index (χ4n) is 4.62. The first-order valence-electron chi connectivity index (χ1n) is 14.0. The van der Waals surface area contributed by atoms with Crippen molar-refractivity contribution in [2.45, 2.75) is 57.6 Å². The number of benzene rings is 3. The van der Waals surface area contributed by atoms with Gasteiger partial charge in [0.05, 0.1) is 29.7 Å². The highest BCUT2D eigenvalue weighted by molar-refractivity contribution is 7.92. The van der Waals surface area contributed by atoms with Crippen molar-refractivity contribution in [2.75, 3.05) is 25.1 Å². The Balaban J connectivity index is 2.13. The van der Waals surface area contributed by atoms with E-state index in [4.69, 9.17) is 9.47 Å². The summed E-state index contributed by atoms with van der Waals surface area (Å²) in [6, 6.07) is 15.5. The molecule has 0 fully saturated rings. The fourth-order valence-corrected chi connectivity index (χ4v) is 6.05. The molecule has 0 unspecified atom stereocenters. The monoisotopic (exact) mass is 626 g/mol. The standard InChI is InChI=1S/C31H38N4O8S/c1-7-28(31(37)32-21(2)3)33(19-23-9-8-10-26(17-23)43-6)30(36)20-34(24-12-14-25(42-5)15-13-24)44(40,41)27-16-11-22(4)29(18-27)35(38)39/h8-18,21,28H,7,19-20H2,1-6H3,(H,32,37)/t28-/m1/s1. The predicted molar refractivity (Wildman–Crippen MR) is 166 cm³/mol. The summed E-state index contributed by atoms with van der Waals surface area (Å²) in [6.07, 6.45) is 0.258. The van der Waals surface area contributed by atoms with Gasteiger partial charge in [-0.25, -0.2) is 8.42 Å². The summed E-state index contributed by atoms with van der Waals surface area (Å²) in [4.78, 5) is 39.4. The van der Waals surface area contributed by atoms with Crippen LogP contribution in [0.1, 0.15) is 38.3 Å². The third kappa shape index (κ3) is 8.04. The zero-order valence-electron chi connectivity index (χ0n) is 25.6. The van der Waals surface area contributed by atoms with E-state index < -0.39 is 33.4 Å². The van der Waals surface area contributed by atoms with Crippen molar-refractivity contribution in [2.24, 2.45) is 0 Å². The number of nitrogens with one attached hydrogen (secondary N) is 1. The predicted octanol–water partition coefficient (Wildman–Crippen LogP) is 4.45. The molecule has 0 aliphatic carbocycles. The largest absolute Gasteiger partial charge is 0.497 e. The highest BCUT2D eigenvalue weighted by Gasteiger charge is 2.34. The number of aryl methyl sites for hydroxylation is 1. The number of nitro benzene ring substituents is 1. The Hall–Kier alpha value is -4.65. The molecule has 3 rings (SSSR count). The van der Waals surface area contributed by atoms with Gasteiger partial charge in [-0.2, -0.15) is 0 Å². The minimum atomic E-state index is -4.51. The second-order valence-electron chi connectivity index (χ2n) is 10.4. The number of ether oxygens (including phenoxy) is 2. The van der Waals surface area contributed by atoms with Crippen LogP contribution in [-0.2, 0) is 26.2 Å². The molecule has 44 heavy (non-hydrogen) atoms. The number of anilines is 1. The molecule has 0 aromatic heterocycles. The van der Waals surface area contributed by atoms with Gasteiger partial charge in [-0.1, -0.05) is 25.1 Å². The number of carbonyl (C=O) groups is 2. The van der Waals surface area contributed by atoms with E-state index in [0.29, 0.717) is 17.1 Å². The molecule has 3 aromatic carbocycles. The molecule has 0 spiro atoms. The average molecular weight is 627 g/mol. The number of nitro groups is 1. The summed E-state index contributed by atoms with van der Waals surface area (Å²) in [7, 11) is -1.54. The van der Waals surface area contributed by atoms with Crippen LogP contribution in [0, 0.1) is 17.0 Å². The lowest BCUT2D eigenvalue weighted by Gasteiger charge is -2.33. The van der Waals surface area contributed by atoms with Crippen molar-refractivity contribution in [3.63, 3.8) is 0 Å². The molecule has 236 valence electrons. The molecule has 0 saturated carbocycles. The van der Waals surface area contributed by atoms with E-state index in [1.54, 1.807) is 57.2 Å². The summed E-state index contributed by atoms with van der Waals surface area (Å²) in [5, 5.41) is 14.5. The highest BCUT2D eigenvalue weighted by Crippen LogP contribution is 2.30. The van der Waals surface area contributed by atoms with Gasteiger partial charge >= 0.3 is 0 Å². The lowest BCUT2D eigenvalue weighted by Crippen LogP contribution is -2.53. The number of nitrogens with zero attached hydrogens (tertiary/aromatic N) is 3. The first kappa shape index (κ1) is 33.8. The van der Waals surface area contributed by atoms with Crippen LogP contribution in [0.15, 0.2) is 71.6 Å². The van der Waals surface area contributed by atoms with Crippen LogP contribution in [0.25, 0.3) is 0 Å². The van der Waals surface area contributed by atoms with Gasteiger partial charge in [-0.3, -0.25) is 24.0 Å². The molecule has 0 saturated heterocycles. The van der Waals surface area contributed by atoms with E-state index in [1.807, 2.05) is 0 Å². The van der Waals surface area contributed by atoms with Gasteiger partial charge in [0, 0.05) is 24.2 Å². The van der Waals surface area contributed by atoms with Crippen molar-refractivity contribution in [1.82, 2.24) is 10.2 Å². The molecule has 1 N–H and O–H groups in total. The molecule has 0 aliphatic rings. The maximum Gasteiger partial charge on any atom is 0.273 e. The summed E-state index contributed by atoms with van der Waals surface area (Å²) >= 11 is 0. The Bertz CT molecular complexity index is 1590. The third-order valence-electron chi connectivity index (χ3n) is 6.91. The number of hydrogen-bond acceptors (Lipinski definition) is 8. The Kier molecular flexibility index (Phi) is 11.3. The van der Waals surface area contributed by atoms with Crippen molar-refractivity contribution in [3.05, 3.63) is 88.0 Å². The second kappa shape index (κ2) is 14.7.